The number of amides is 1. The Bertz CT molecular complexity index is 522. The molecular weight excluding hydrogens is 300 g/mol. The van der Waals surface area contributed by atoms with Gasteiger partial charge in [-0.1, -0.05) is 6.07 Å². The number of carboxylic acids is 1. The standard InChI is InChI=1S/C12H14N2O6S/c15-11(13-4-5-21-8-12(16)17)7-20-10-3-1-2-9(6-10)14(18)19/h1-3,6H,4-5,7-8H2,(H,13,15)(H,16,17). The summed E-state index contributed by atoms with van der Waals surface area (Å²) < 4.78 is 5.14. The molecule has 9 heteroatoms. The van der Waals surface area contributed by atoms with Crippen LogP contribution in [0.5, 0.6) is 5.75 Å². The third-order valence-corrected chi connectivity index (χ3v) is 3.14. The predicted octanol–water partition coefficient (Wildman–Crippen LogP) is 0.908. The molecule has 0 bridgehead atoms. The molecule has 0 aliphatic rings. The van der Waals surface area contributed by atoms with Crippen molar-refractivity contribution in [1.29, 1.82) is 0 Å². The minimum absolute atomic E-state index is 0.0138. The Morgan fingerprint density at radius 3 is 2.86 bits per heavy atom. The molecule has 21 heavy (non-hydrogen) atoms. The van der Waals surface area contributed by atoms with E-state index in [9.17, 15) is 19.7 Å². The highest BCUT2D eigenvalue weighted by Crippen LogP contribution is 2.18. The number of carboxylic acid groups (broad SMARTS) is 1. The fraction of sp³-hybridized carbons (Fsp3) is 0.333. The average Bonchev–Trinajstić information content (AvgIpc) is 2.44. The van der Waals surface area contributed by atoms with Gasteiger partial charge in [-0.15, -0.1) is 11.8 Å². The number of nitro benzene ring substituents is 1. The molecule has 0 unspecified atom stereocenters. The monoisotopic (exact) mass is 314 g/mol. The molecule has 0 aliphatic carbocycles. The smallest absolute Gasteiger partial charge is 0.313 e. The number of nitrogens with one attached hydrogen (secondary N) is 1. The van der Waals surface area contributed by atoms with Crippen LogP contribution in [0.1, 0.15) is 0 Å². The molecule has 1 rings (SSSR count). The normalized spacial score (nSPS) is 9.90. The quantitative estimate of drug-likeness (QED) is 0.395. The van der Waals surface area contributed by atoms with Gasteiger partial charge in [-0.25, -0.2) is 0 Å². The van der Waals surface area contributed by atoms with Gasteiger partial charge < -0.3 is 15.2 Å². The lowest BCUT2D eigenvalue weighted by atomic mass is 10.3. The number of nitrogens with zero attached hydrogens (tertiary/aromatic N) is 1. The number of hydrogen-bond donors (Lipinski definition) is 2. The van der Waals surface area contributed by atoms with Crippen molar-refractivity contribution in [2.75, 3.05) is 24.7 Å². The van der Waals surface area contributed by atoms with Gasteiger partial charge in [-0.05, 0) is 6.07 Å². The molecule has 0 saturated heterocycles. The Labute approximate surface area is 124 Å². The molecule has 0 spiro atoms. The SMILES string of the molecule is O=C(O)CSCCNC(=O)COc1cccc([N+](=O)[O-])c1. The van der Waals surface area contributed by atoms with E-state index in [1.807, 2.05) is 0 Å². The number of nitro groups is 1. The highest BCUT2D eigenvalue weighted by molar-refractivity contribution is 7.99. The fourth-order valence-electron chi connectivity index (χ4n) is 1.31. The van der Waals surface area contributed by atoms with E-state index >= 15 is 0 Å². The lowest BCUT2D eigenvalue weighted by Gasteiger charge is -2.07. The minimum atomic E-state index is -0.902. The van der Waals surface area contributed by atoms with Gasteiger partial charge >= 0.3 is 5.97 Å². The van der Waals surface area contributed by atoms with E-state index in [2.05, 4.69) is 5.32 Å². The number of benzene rings is 1. The Kier molecular flexibility index (Phi) is 7.02. The van der Waals surface area contributed by atoms with E-state index in [0.717, 1.165) is 0 Å². The summed E-state index contributed by atoms with van der Waals surface area (Å²) in [6.45, 7) is 0.0693. The van der Waals surface area contributed by atoms with Crippen molar-refractivity contribution in [1.82, 2.24) is 5.32 Å². The maximum absolute atomic E-state index is 11.4. The second kappa shape index (κ2) is 8.80. The van der Waals surface area contributed by atoms with Crippen LogP contribution in [0.25, 0.3) is 0 Å². The summed E-state index contributed by atoms with van der Waals surface area (Å²) in [5.41, 5.74) is -0.113. The van der Waals surface area contributed by atoms with Crippen molar-refractivity contribution >= 4 is 29.3 Å². The zero-order valence-electron chi connectivity index (χ0n) is 11.0. The Morgan fingerprint density at radius 1 is 1.43 bits per heavy atom. The van der Waals surface area contributed by atoms with E-state index in [0.29, 0.717) is 12.3 Å². The van der Waals surface area contributed by atoms with Gasteiger partial charge in [-0.3, -0.25) is 19.7 Å². The van der Waals surface area contributed by atoms with Crippen molar-refractivity contribution in [3.63, 3.8) is 0 Å². The van der Waals surface area contributed by atoms with E-state index < -0.39 is 10.9 Å². The van der Waals surface area contributed by atoms with Gasteiger partial charge in [0.05, 0.1) is 16.7 Å². The highest BCUT2D eigenvalue weighted by Gasteiger charge is 2.08. The fourth-order valence-corrected chi connectivity index (χ4v) is 1.87. The molecule has 0 saturated carbocycles. The molecule has 0 fully saturated rings. The lowest BCUT2D eigenvalue weighted by Crippen LogP contribution is -2.30. The van der Waals surface area contributed by atoms with Gasteiger partial charge in [-0.2, -0.15) is 0 Å². The molecule has 1 aromatic rings. The van der Waals surface area contributed by atoms with Gasteiger partial charge in [0.15, 0.2) is 6.61 Å². The van der Waals surface area contributed by atoms with Crippen molar-refractivity contribution in [3.05, 3.63) is 34.4 Å². The second-order valence-corrected chi connectivity index (χ2v) is 4.94. The molecule has 0 heterocycles. The number of thioether (sulfide) groups is 1. The van der Waals surface area contributed by atoms with Crippen LogP contribution in [0.3, 0.4) is 0 Å². The van der Waals surface area contributed by atoms with Gasteiger partial charge in [0, 0.05) is 18.4 Å². The van der Waals surface area contributed by atoms with Crippen LogP contribution in [0.15, 0.2) is 24.3 Å². The molecule has 2 N–H and O–H groups in total. The molecule has 8 nitrogen and oxygen atoms in total. The predicted molar refractivity (Wildman–Crippen MR) is 76.6 cm³/mol. The van der Waals surface area contributed by atoms with E-state index in [1.54, 1.807) is 0 Å². The summed E-state index contributed by atoms with van der Waals surface area (Å²) >= 11 is 1.19. The van der Waals surface area contributed by atoms with Gasteiger partial charge in [0.25, 0.3) is 11.6 Å². The number of aliphatic carboxylic acids is 1. The molecule has 1 aromatic carbocycles. The zero-order valence-corrected chi connectivity index (χ0v) is 11.8. The summed E-state index contributed by atoms with van der Waals surface area (Å²) in [5, 5.41) is 21.5. The Morgan fingerprint density at radius 2 is 2.19 bits per heavy atom. The van der Waals surface area contributed by atoms with Crippen LogP contribution < -0.4 is 10.1 Å². The summed E-state index contributed by atoms with van der Waals surface area (Å²) in [6.07, 6.45) is 0. The first-order chi connectivity index (χ1) is 9.99. The third kappa shape index (κ3) is 7.16. The first-order valence-corrected chi connectivity index (χ1v) is 7.08. The molecule has 114 valence electrons. The number of ether oxygens (including phenoxy) is 1. The summed E-state index contributed by atoms with van der Waals surface area (Å²) in [4.78, 5) is 31.7. The largest absolute Gasteiger partial charge is 0.484 e. The maximum atomic E-state index is 11.4. The Balaban J connectivity index is 2.25. The third-order valence-electron chi connectivity index (χ3n) is 2.19. The maximum Gasteiger partial charge on any atom is 0.313 e. The van der Waals surface area contributed by atoms with Crippen LogP contribution in [0.2, 0.25) is 0 Å². The summed E-state index contributed by atoms with van der Waals surface area (Å²) in [7, 11) is 0. The lowest BCUT2D eigenvalue weighted by molar-refractivity contribution is -0.384. The second-order valence-electron chi connectivity index (χ2n) is 3.84. The molecule has 1 amide bonds. The highest BCUT2D eigenvalue weighted by atomic mass is 32.2. The topological polar surface area (TPSA) is 119 Å². The summed E-state index contributed by atoms with van der Waals surface area (Å²) in [5.74, 6) is -0.577. The molecule has 0 radical (unpaired) electrons. The van der Waals surface area contributed by atoms with E-state index in [4.69, 9.17) is 9.84 Å². The molecular formula is C12H14N2O6S. The number of rotatable bonds is 9. The minimum Gasteiger partial charge on any atom is -0.484 e. The number of non-ortho nitro benzene ring substituents is 1. The van der Waals surface area contributed by atoms with E-state index in [-0.39, 0.29) is 29.7 Å². The van der Waals surface area contributed by atoms with E-state index in [1.165, 1.54) is 36.0 Å². The number of carbonyl (C=O) groups excluding carboxylic acids is 1. The van der Waals surface area contributed by atoms with Crippen molar-refractivity contribution in [2.24, 2.45) is 0 Å². The molecule has 0 atom stereocenters. The van der Waals surface area contributed by atoms with Crippen molar-refractivity contribution in [3.8, 4) is 5.75 Å². The van der Waals surface area contributed by atoms with Gasteiger partial charge in [0.1, 0.15) is 5.75 Å². The number of hydrogen-bond acceptors (Lipinski definition) is 6. The van der Waals surface area contributed by atoms with Crippen LogP contribution >= 0.6 is 11.8 Å². The summed E-state index contributed by atoms with van der Waals surface area (Å²) in [6, 6.07) is 5.54. The molecule has 0 aliphatic heterocycles. The van der Waals surface area contributed by atoms with Crippen molar-refractivity contribution in [2.45, 2.75) is 0 Å². The first kappa shape index (κ1) is 16.8. The van der Waals surface area contributed by atoms with Crippen LogP contribution in [0, 0.1) is 10.1 Å². The van der Waals surface area contributed by atoms with Crippen molar-refractivity contribution < 1.29 is 24.4 Å². The number of carbonyl (C=O) groups is 2. The van der Waals surface area contributed by atoms with Crippen LogP contribution in [-0.2, 0) is 9.59 Å². The average molecular weight is 314 g/mol. The van der Waals surface area contributed by atoms with Crippen LogP contribution in [-0.4, -0.2) is 46.6 Å². The zero-order chi connectivity index (χ0) is 15.7. The Hall–Kier alpha value is -2.29. The van der Waals surface area contributed by atoms with Gasteiger partial charge in [0.2, 0.25) is 0 Å². The molecule has 0 aromatic heterocycles. The van der Waals surface area contributed by atoms with Crippen LogP contribution in [0.4, 0.5) is 5.69 Å². The first-order valence-electron chi connectivity index (χ1n) is 5.92.